The molecule has 1 N–H and O–H groups in total. The summed E-state index contributed by atoms with van der Waals surface area (Å²) in [5.74, 6) is -0.184. The van der Waals surface area contributed by atoms with Gasteiger partial charge in [0, 0.05) is 10.0 Å². The number of ether oxygens (including phenoxy) is 3. The van der Waals surface area contributed by atoms with E-state index in [1.54, 1.807) is 25.1 Å². The molecule has 2 aromatic rings. The monoisotopic (exact) mass is 411 g/mol. The highest BCUT2D eigenvalue weighted by molar-refractivity contribution is 6.35. The van der Waals surface area contributed by atoms with Crippen LogP contribution in [0, 0.1) is 0 Å². The molecule has 0 unspecified atom stereocenters. The second kappa shape index (κ2) is 9.48. The lowest BCUT2D eigenvalue weighted by atomic mass is 10.1. The Balaban J connectivity index is 1.99. The van der Waals surface area contributed by atoms with E-state index in [0.29, 0.717) is 27.1 Å². The minimum atomic E-state index is -0.494. The van der Waals surface area contributed by atoms with Crippen molar-refractivity contribution in [1.82, 2.24) is 5.32 Å². The van der Waals surface area contributed by atoms with Gasteiger partial charge in [-0.1, -0.05) is 29.3 Å². The maximum absolute atomic E-state index is 12.2. The Kier molecular flexibility index (Phi) is 7.33. The van der Waals surface area contributed by atoms with Crippen molar-refractivity contribution in [3.05, 3.63) is 57.6 Å². The highest BCUT2D eigenvalue weighted by atomic mass is 35.5. The number of hydrogen-bond donors (Lipinski definition) is 1. The molecule has 0 bridgehead atoms. The zero-order valence-electron chi connectivity index (χ0n) is 15.0. The van der Waals surface area contributed by atoms with Gasteiger partial charge in [-0.05, 0) is 42.8 Å². The minimum absolute atomic E-state index is 0.233. The second-order valence-electron chi connectivity index (χ2n) is 5.60. The fraction of sp³-hybridized carbons (Fsp3) is 0.263. The van der Waals surface area contributed by atoms with Crippen molar-refractivity contribution < 1.29 is 23.8 Å². The van der Waals surface area contributed by atoms with Crippen LogP contribution in [0.25, 0.3) is 0 Å². The Labute approximate surface area is 167 Å². The number of nitrogens with one attached hydrogen (secondary N) is 1. The van der Waals surface area contributed by atoms with Crippen molar-refractivity contribution in [2.24, 2.45) is 0 Å². The molecule has 0 aliphatic rings. The maximum atomic E-state index is 12.2. The molecule has 2 rings (SSSR count). The normalized spacial score (nSPS) is 11.4. The van der Waals surface area contributed by atoms with Gasteiger partial charge in [0.15, 0.2) is 18.1 Å². The first kappa shape index (κ1) is 20.9. The first-order valence-corrected chi connectivity index (χ1v) is 8.74. The van der Waals surface area contributed by atoms with Crippen LogP contribution in [-0.2, 0) is 9.53 Å². The average Bonchev–Trinajstić information content (AvgIpc) is 2.65. The van der Waals surface area contributed by atoms with E-state index in [9.17, 15) is 9.59 Å². The first-order valence-electron chi connectivity index (χ1n) is 7.99. The van der Waals surface area contributed by atoms with Crippen molar-refractivity contribution in [3.63, 3.8) is 0 Å². The van der Waals surface area contributed by atoms with Crippen LogP contribution in [0.2, 0.25) is 10.0 Å². The number of carbonyl (C=O) groups excluding carboxylic acids is 2. The van der Waals surface area contributed by atoms with Crippen LogP contribution in [0.15, 0.2) is 36.4 Å². The summed E-state index contributed by atoms with van der Waals surface area (Å²) in [5.41, 5.74) is 1.06. The smallest absolute Gasteiger partial charge is 0.337 e. The lowest BCUT2D eigenvalue weighted by molar-refractivity contribution is -0.123. The summed E-state index contributed by atoms with van der Waals surface area (Å²) in [6.45, 7) is 1.57. The Bertz CT molecular complexity index is 841. The lowest BCUT2D eigenvalue weighted by Gasteiger charge is -2.17. The van der Waals surface area contributed by atoms with Gasteiger partial charge < -0.3 is 19.5 Å². The minimum Gasteiger partial charge on any atom is -0.493 e. The Morgan fingerprint density at radius 1 is 1.07 bits per heavy atom. The molecule has 0 fully saturated rings. The predicted octanol–water partition coefficient (Wildman–Crippen LogP) is 4.04. The molecule has 8 heteroatoms. The molecule has 27 heavy (non-hydrogen) atoms. The van der Waals surface area contributed by atoms with Gasteiger partial charge in [-0.15, -0.1) is 0 Å². The van der Waals surface area contributed by atoms with Crippen molar-refractivity contribution in [2.75, 3.05) is 20.8 Å². The number of benzene rings is 2. The zero-order chi connectivity index (χ0) is 20.0. The molecule has 6 nitrogen and oxygen atoms in total. The van der Waals surface area contributed by atoms with Crippen LogP contribution in [0.3, 0.4) is 0 Å². The number of halogens is 2. The van der Waals surface area contributed by atoms with Gasteiger partial charge in [0.2, 0.25) is 0 Å². The molecular weight excluding hydrogens is 393 g/mol. The van der Waals surface area contributed by atoms with E-state index in [4.69, 9.17) is 32.7 Å². The van der Waals surface area contributed by atoms with E-state index in [-0.39, 0.29) is 18.6 Å². The van der Waals surface area contributed by atoms with Crippen LogP contribution < -0.4 is 14.8 Å². The number of hydrogen-bond acceptors (Lipinski definition) is 5. The predicted molar refractivity (Wildman–Crippen MR) is 103 cm³/mol. The van der Waals surface area contributed by atoms with Gasteiger partial charge >= 0.3 is 5.97 Å². The summed E-state index contributed by atoms with van der Waals surface area (Å²) in [7, 11) is 2.73. The summed E-state index contributed by atoms with van der Waals surface area (Å²) in [5, 5.41) is 3.79. The summed E-state index contributed by atoms with van der Waals surface area (Å²) in [4.78, 5) is 23.7. The van der Waals surface area contributed by atoms with Gasteiger partial charge in [-0.3, -0.25) is 4.79 Å². The van der Waals surface area contributed by atoms with Crippen molar-refractivity contribution in [3.8, 4) is 11.5 Å². The second-order valence-corrected chi connectivity index (χ2v) is 6.44. The fourth-order valence-corrected chi connectivity index (χ4v) is 2.96. The van der Waals surface area contributed by atoms with Gasteiger partial charge in [0.25, 0.3) is 5.91 Å². The average molecular weight is 412 g/mol. The standard InChI is InChI=1S/C19H19Cl2NO5/c1-11(14-6-5-13(20)9-15(14)21)22-18(23)10-27-16-7-4-12(19(24)26-3)8-17(16)25-2/h4-9,11H,10H2,1-3H3,(H,22,23)/t11-/m0/s1. The van der Waals surface area contributed by atoms with Crippen LogP contribution in [0.1, 0.15) is 28.9 Å². The highest BCUT2D eigenvalue weighted by Crippen LogP contribution is 2.29. The fourth-order valence-electron chi connectivity index (χ4n) is 2.39. The number of esters is 1. The van der Waals surface area contributed by atoms with Crippen LogP contribution in [0.4, 0.5) is 0 Å². The van der Waals surface area contributed by atoms with Gasteiger partial charge in [-0.2, -0.15) is 0 Å². The van der Waals surface area contributed by atoms with Gasteiger partial charge in [-0.25, -0.2) is 4.79 Å². The quantitative estimate of drug-likeness (QED) is 0.695. The SMILES string of the molecule is COC(=O)c1ccc(OCC(=O)N[C@@H](C)c2ccc(Cl)cc2Cl)c(OC)c1. The highest BCUT2D eigenvalue weighted by Gasteiger charge is 2.15. The Morgan fingerprint density at radius 2 is 1.81 bits per heavy atom. The van der Waals surface area contributed by atoms with Gasteiger partial charge in [0.1, 0.15) is 0 Å². The zero-order valence-corrected chi connectivity index (χ0v) is 16.6. The summed E-state index contributed by atoms with van der Waals surface area (Å²) >= 11 is 12.0. The molecule has 0 aromatic heterocycles. The molecule has 0 radical (unpaired) electrons. The van der Waals surface area contributed by atoms with Crippen LogP contribution in [-0.4, -0.2) is 32.7 Å². The molecule has 2 aromatic carbocycles. The van der Waals surface area contributed by atoms with Crippen LogP contribution in [0.5, 0.6) is 11.5 Å². The molecule has 144 valence electrons. The Morgan fingerprint density at radius 3 is 2.44 bits per heavy atom. The summed E-state index contributed by atoms with van der Waals surface area (Å²) in [6, 6.07) is 9.30. The Hall–Kier alpha value is -2.44. The van der Waals surface area contributed by atoms with Crippen molar-refractivity contribution in [1.29, 1.82) is 0 Å². The number of rotatable bonds is 7. The van der Waals surface area contributed by atoms with Gasteiger partial charge in [0.05, 0.1) is 25.8 Å². The molecule has 0 saturated heterocycles. The summed E-state index contributed by atoms with van der Waals surface area (Å²) in [6.07, 6.45) is 0. The maximum Gasteiger partial charge on any atom is 0.337 e. The third-order valence-electron chi connectivity index (χ3n) is 3.75. The third-order valence-corrected chi connectivity index (χ3v) is 4.31. The van der Waals surface area contributed by atoms with E-state index in [1.807, 2.05) is 0 Å². The molecule has 0 heterocycles. The molecule has 0 spiro atoms. The number of carbonyl (C=O) groups is 2. The van der Waals surface area contributed by atoms with E-state index in [2.05, 4.69) is 10.1 Å². The van der Waals surface area contributed by atoms with Crippen molar-refractivity contribution >= 4 is 35.1 Å². The molecule has 1 amide bonds. The number of methoxy groups -OCH3 is 2. The van der Waals surface area contributed by atoms with E-state index in [0.717, 1.165) is 5.56 Å². The van der Waals surface area contributed by atoms with E-state index in [1.165, 1.54) is 32.4 Å². The molecular formula is C19H19Cl2NO5. The molecule has 1 atom stereocenters. The van der Waals surface area contributed by atoms with Crippen LogP contribution >= 0.6 is 23.2 Å². The van der Waals surface area contributed by atoms with E-state index >= 15 is 0 Å². The molecule has 0 saturated carbocycles. The third kappa shape index (κ3) is 5.52. The largest absolute Gasteiger partial charge is 0.493 e. The molecule has 0 aliphatic carbocycles. The van der Waals surface area contributed by atoms with E-state index < -0.39 is 5.97 Å². The molecule has 0 aliphatic heterocycles. The van der Waals surface area contributed by atoms with Crippen molar-refractivity contribution in [2.45, 2.75) is 13.0 Å². The number of amides is 1. The lowest BCUT2D eigenvalue weighted by Crippen LogP contribution is -2.31. The first-order chi connectivity index (χ1) is 12.8. The summed E-state index contributed by atoms with van der Waals surface area (Å²) < 4.78 is 15.4. The topological polar surface area (TPSA) is 73.9 Å².